The van der Waals surface area contributed by atoms with E-state index in [-0.39, 0.29) is 24.4 Å². The number of halogens is 1. The zero-order valence-electron chi connectivity index (χ0n) is 14.0. The fraction of sp³-hybridized carbons (Fsp3) is 0.111. The number of nitrogens with one attached hydrogen (secondary N) is 1. The molecule has 1 heterocycles. The fourth-order valence-corrected chi connectivity index (χ4v) is 2.80. The van der Waals surface area contributed by atoms with Gasteiger partial charge < -0.3 is 14.6 Å². The number of rotatable bonds is 7. The molecule has 0 fully saturated rings. The summed E-state index contributed by atoms with van der Waals surface area (Å²) in [5, 5.41) is 14.0. The Morgan fingerprint density at radius 1 is 1.30 bits per heavy atom. The summed E-state index contributed by atoms with van der Waals surface area (Å²) in [6.45, 7) is 0.541. The largest absolute Gasteiger partial charge is 0.492 e. The molecule has 27 heavy (non-hydrogen) atoms. The average molecular weight is 431 g/mol. The molecule has 0 aliphatic carbocycles. The van der Waals surface area contributed by atoms with Crippen molar-refractivity contribution in [2.75, 3.05) is 13.2 Å². The van der Waals surface area contributed by atoms with Crippen molar-refractivity contribution in [1.82, 2.24) is 14.9 Å². The minimum atomic E-state index is -0.525. The van der Waals surface area contributed by atoms with Crippen LogP contribution in [0.15, 0.2) is 65.7 Å². The normalized spacial score (nSPS) is 10.4. The van der Waals surface area contributed by atoms with Gasteiger partial charge in [-0.3, -0.25) is 14.9 Å². The zero-order chi connectivity index (χ0) is 19.2. The SMILES string of the molecule is O=C(NCCOc1cccc(Br)c1)c1ccc(-n2ccnc2)c([N+](=O)[O-])c1. The molecule has 0 aliphatic heterocycles. The standard InChI is InChI=1S/C18H15BrN4O4/c19-14-2-1-3-15(11-14)27-9-7-21-18(24)13-4-5-16(17(10-13)23(25)26)22-8-6-20-12-22/h1-6,8,10-12H,7,9H2,(H,21,24). The lowest BCUT2D eigenvalue weighted by Crippen LogP contribution is -2.28. The Morgan fingerprint density at radius 2 is 2.15 bits per heavy atom. The zero-order valence-corrected chi connectivity index (χ0v) is 15.6. The third-order valence-electron chi connectivity index (χ3n) is 3.67. The van der Waals surface area contributed by atoms with Crippen LogP contribution in [0.1, 0.15) is 10.4 Å². The Bertz CT molecular complexity index is 960. The van der Waals surface area contributed by atoms with E-state index in [1.54, 1.807) is 6.20 Å². The highest BCUT2D eigenvalue weighted by Crippen LogP contribution is 2.24. The highest BCUT2D eigenvalue weighted by molar-refractivity contribution is 9.10. The molecule has 0 unspecified atom stereocenters. The number of aromatic nitrogens is 2. The van der Waals surface area contributed by atoms with Crippen molar-refractivity contribution in [3.8, 4) is 11.4 Å². The summed E-state index contributed by atoms with van der Waals surface area (Å²) in [6.07, 6.45) is 4.58. The summed E-state index contributed by atoms with van der Waals surface area (Å²) in [5.74, 6) is 0.270. The molecular weight excluding hydrogens is 416 g/mol. The molecule has 1 aromatic heterocycles. The summed E-state index contributed by atoms with van der Waals surface area (Å²) >= 11 is 3.35. The molecule has 0 spiro atoms. The number of imidazole rings is 1. The summed E-state index contributed by atoms with van der Waals surface area (Å²) < 4.78 is 7.96. The molecule has 138 valence electrons. The molecule has 0 bridgehead atoms. The lowest BCUT2D eigenvalue weighted by Gasteiger charge is -2.09. The Kier molecular flexibility index (Phi) is 5.82. The predicted octanol–water partition coefficient (Wildman–Crippen LogP) is 3.35. The van der Waals surface area contributed by atoms with E-state index in [0.717, 1.165) is 4.47 Å². The number of nitro benzene ring substituents is 1. The molecule has 0 aliphatic rings. The van der Waals surface area contributed by atoms with E-state index in [1.807, 2.05) is 24.3 Å². The van der Waals surface area contributed by atoms with Crippen LogP contribution in [-0.2, 0) is 0 Å². The van der Waals surface area contributed by atoms with Crippen LogP contribution in [0.5, 0.6) is 5.75 Å². The number of hydrogen-bond acceptors (Lipinski definition) is 5. The van der Waals surface area contributed by atoms with Crippen molar-refractivity contribution in [3.63, 3.8) is 0 Å². The second-order valence-corrected chi connectivity index (χ2v) is 6.41. The molecule has 0 saturated heterocycles. The summed E-state index contributed by atoms with van der Waals surface area (Å²) in [6, 6.07) is 11.7. The highest BCUT2D eigenvalue weighted by Gasteiger charge is 2.18. The van der Waals surface area contributed by atoms with Crippen LogP contribution >= 0.6 is 15.9 Å². The van der Waals surface area contributed by atoms with Crippen LogP contribution in [0.2, 0.25) is 0 Å². The first-order valence-corrected chi connectivity index (χ1v) is 8.77. The molecule has 0 atom stereocenters. The van der Waals surface area contributed by atoms with Gasteiger partial charge in [0.15, 0.2) is 0 Å². The van der Waals surface area contributed by atoms with E-state index in [9.17, 15) is 14.9 Å². The van der Waals surface area contributed by atoms with Gasteiger partial charge >= 0.3 is 0 Å². The molecule has 1 amide bonds. The minimum absolute atomic E-state index is 0.175. The summed E-state index contributed by atoms with van der Waals surface area (Å²) in [4.78, 5) is 27.0. The molecule has 8 nitrogen and oxygen atoms in total. The maximum Gasteiger partial charge on any atom is 0.294 e. The van der Waals surface area contributed by atoms with Crippen molar-refractivity contribution in [3.05, 3.63) is 81.3 Å². The number of carbonyl (C=O) groups excluding carboxylic acids is 1. The predicted molar refractivity (Wildman–Crippen MR) is 102 cm³/mol. The number of ether oxygens (including phenoxy) is 1. The van der Waals surface area contributed by atoms with Crippen molar-refractivity contribution in [2.24, 2.45) is 0 Å². The Labute approximate surface area is 163 Å². The number of carbonyl (C=O) groups is 1. The molecule has 3 aromatic rings. The Morgan fingerprint density at radius 3 is 2.85 bits per heavy atom. The van der Waals surface area contributed by atoms with Crippen LogP contribution in [-0.4, -0.2) is 33.5 Å². The number of amides is 1. The van der Waals surface area contributed by atoms with Crippen LogP contribution in [0.4, 0.5) is 5.69 Å². The number of nitro groups is 1. The van der Waals surface area contributed by atoms with Crippen LogP contribution in [0.25, 0.3) is 5.69 Å². The van der Waals surface area contributed by atoms with Gasteiger partial charge in [-0.1, -0.05) is 22.0 Å². The minimum Gasteiger partial charge on any atom is -0.492 e. The summed E-state index contributed by atoms with van der Waals surface area (Å²) in [7, 11) is 0. The van der Waals surface area contributed by atoms with Gasteiger partial charge in [0.25, 0.3) is 11.6 Å². The van der Waals surface area contributed by atoms with Gasteiger partial charge in [0.2, 0.25) is 0 Å². The molecule has 3 rings (SSSR count). The second-order valence-electron chi connectivity index (χ2n) is 5.49. The molecule has 1 N–H and O–H groups in total. The van der Waals surface area contributed by atoms with Crippen LogP contribution < -0.4 is 10.1 Å². The van der Waals surface area contributed by atoms with Gasteiger partial charge in [-0.2, -0.15) is 0 Å². The lowest BCUT2D eigenvalue weighted by atomic mass is 10.1. The first-order chi connectivity index (χ1) is 13.0. The lowest BCUT2D eigenvalue weighted by molar-refractivity contribution is -0.384. The number of benzene rings is 2. The maximum absolute atomic E-state index is 12.3. The van der Waals surface area contributed by atoms with E-state index in [0.29, 0.717) is 11.4 Å². The first kappa shape index (κ1) is 18.6. The molecule has 2 aromatic carbocycles. The third kappa shape index (κ3) is 4.70. The quantitative estimate of drug-likeness (QED) is 0.352. The second kappa shape index (κ2) is 8.45. The Balaban J connectivity index is 1.63. The van der Waals surface area contributed by atoms with E-state index >= 15 is 0 Å². The van der Waals surface area contributed by atoms with Gasteiger partial charge in [-0.05, 0) is 30.3 Å². The van der Waals surface area contributed by atoms with E-state index in [1.165, 1.54) is 35.3 Å². The van der Waals surface area contributed by atoms with Crippen molar-refractivity contribution in [1.29, 1.82) is 0 Å². The van der Waals surface area contributed by atoms with Crippen molar-refractivity contribution in [2.45, 2.75) is 0 Å². The topological polar surface area (TPSA) is 99.3 Å². The Hall–Kier alpha value is -3.20. The molecular formula is C18H15BrN4O4. The van der Waals surface area contributed by atoms with Crippen molar-refractivity contribution >= 4 is 27.5 Å². The smallest absolute Gasteiger partial charge is 0.294 e. The van der Waals surface area contributed by atoms with Gasteiger partial charge in [0.1, 0.15) is 18.0 Å². The van der Waals surface area contributed by atoms with Gasteiger partial charge in [0, 0.05) is 28.5 Å². The summed E-state index contributed by atoms with van der Waals surface area (Å²) in [5.41, 5.74) is 0.367. The van der Waals surface area contributed by atoms with E-state index in [2.05, 4.69) is 26.2 Å². The van der Waals surface area contributed by atoms with Crippen LogP contribution in [0.3, 0.4) is 0 Å². The number of nitrogens with zero attached hydrogens (tertiary/aromatic N) is 3. The van der Waals surface area contributed by atoms with E-state index in [4.69, 9.17) is 4.74 Å². The maximum atomic E-state index is 12.3. The van der Waals surface area contributed by atoms with Gasteiger partial charge in [0.05, 0.1) is 17.8 Å². The monoisotopic (exact) mass is 430 g/mol. The van der Waals surface area contributed by atoms with E-state index < -0.39 is 10.8 Å². The van der Waals surface area contributed by atoms with Gasteiger partial charge in [-0.15, -0.1) is 0 Å². The number of hydrogen-bond donors (Lipinski definition) is 1. The highest BCUT2D eigenvalue weighted by atomic mass is 79.9. The third-order valence-corrected chi connectivity index (χ3v) is 4.16. The molecule has 9 heteroatoms. The van der Waals surface area contributed by atoms with Gasteiger partial charge in [-0.25, -0.2) is 4.98 Å². The molecule has 0 radical (unpaired) electrons. The first-order valence-electron chi connectivity index (χ1n) is 7.98. The molecule has 0 saturated carbocycles. The van der Waals surface area contributed by atoms with Crippen LogP contribution in [0, 0.1) is 10.1 Å². The average Bonchev–Trinajstić information content (AvgIpc) is 3.19. The fourth-order valence-electron chi connectivity index (χ4n) is 2.42. The van der Waals surface area contributed by atoms with Crippen molar-refractivity contribution < 1.29 is 14.5 Å².